The van der Waals surface area contributed by atoms with Gasteiger partial charge in [-0.15, -0.1) is 0 Å². The summed E-state index contributed by atoms with van der Waals surface area (Å²) in [5, 5.41) is 38.4. The van der Waals surface area contributed by atoms with Crippen molar-refractivity contribution in [2.24, 2.45) is 11.8 Å². The molecule has 0 radical (unpaired) electrons. The van der Waals surface area contributed by atoms with Crippen molar-refractivity contribution in [2.45, 2.75) is 127 Å². The second-order valence-electron chi connectivity index (χ2n) is 20.5. The number of hydrogen-bond acceptors (Lipinski definition) is 15. The Morgan fingerprint density at radius 2 is 0.934 bits per heavy atom. The van der Waals surface area contributed by atoms with Crippen LogP contribution in [0.3, 0.4) is 0 Å². The van der Waals surface area contributed by atoms with E-state index in [0.29, 0.717) is 5.56 Å². The average Bonchev–Trinajstić information content (AvgIpc) is 3.29. The third kappa shape index (κ3) is 22.4. The Morgan fingerprint density at radius 1 is 0.592 bits per heavy atom. The molecule has 0 bridgehead atoms. The van der Waals surface area contributed by atoms with Crippen molar-refractivity contribution >= 4 is 51.4 Å². The first-order valence-corrected chi connectivity index (χ1v) is 28.5. The van der Waals surface area contributed by atoms with Crippen molar-refractivity contribution in [1.29, 1.82) is 0 Å². The minimum absolute atomic E-state index is 0.0256. The molecule has 4 aromatic carbocycles. The van der Waals surface area contributed by atoms with Crippen LogP contribution < -0.4 is 10.6 Å². The molecule has 23 nitrogen and oxygen atoms in total. The number of aliphatic hydroxyl groups excluding tert-OH is 1. The quantitative estimate of drug-likeness (QED) is 0.0256. The fourth-order valence-corrected chi connectivity index (χ4v) is 11.1. The third-order valence-electron chi connectivity index (χ3n) is 10.5. The largest absolute Gasteiger partial charge is 0.469 e. The maximum absolute atomic E-state index is 13.6. The van der Waals surface area contributed by atoms with Crippen molar-refractivity contribution in [3.05, 3.63) is 141 Å². The van der Waals surface area contributed by atoms with Crippen molar-refractivity contribution < 1.29 is 69.7 Å². The van der Waals surface area contributed by atoms with Crippen molar-refractivity contribution in [2.75, 3.05) is 26.2 Å². The van der Waals surface area contributed by atoms with E-state index in [2.05, 4.69) is 10.6 Å². The van der Waals surface area contributed by atoms with Crippen molar-refractivity contribution in [3.8, 4) is 0 Å². The summed E-state index contributed by atoms with van der Waals surface area (Å²) >= 11 is 0. The molecule has 4 atom stereocenters. The minimum Gasteiger partial charge on any atom is -0.444 e. The monoisotopic (exact) mass is 1120 g/mol. The van der Waals surface area contributed by atoms with E-state index in [9.17, 15) is 66.1 Å². The van der Waals surface area contributed by atoms with Crippen LogP contribution in [0.15, 0.2) is 119 Å². The van der Waals surface area contributed by atoms with Gasteiger partial charge in [0.1, 0.15) is 17.3 Å². The summed E-state index contributed by atoms with van der Waals surface area (Å²) in [5.74, 6) is -0.300. The highest BCUT2D eigenvalue weighted by molar-refractivity contribution is 7.89. The Morgan fingerprint density at radius 3 is 1.26 bits per heavy atom. The van der Waals surface area contributed by atoms with E-state index in [1.165, 1.54) is 12.1 Å². The second-order valence-corrected chi connectivity index (χ2v) is 25.6. The van der Waals surface area contributed by atoms with Gasteiger partial charge in [0.2, 0.25) is 20.0 Å². The van der Waals surface area contributed by atoms with E-state index in [0.717, 1.165) is 50.6 Å². The van der Waals surface area contributed by atoms with Crippen LogP contribution in [0.2, 0.25) is 0 Å². The number of phosphoric acid groups is 1. The van der Waals surface area contributed by atoms with Crippen LogP contribution in [0, 0.1) is 32.1 Å². The lowest BCUT2D eigenvalue weighted by Gasteiger charge is -2.33. The van der Waals surface area contributed by atoms with Gasteiger partial charge in [0, 0.05) is 50.4 Å². The van der Waals surface area contributed by atoms with E-state index in [4.69, 9.17) is 14.0 Å². The molecule has 0 unspecified atom stereocenters. The van der Waals surface area contributed by atoms with Crippen LogP contribution in [0.25, 0.3) is 0 Å². The number of nitrogens with one attached hydrogen (secondary N) is 2. The molecule has 76 heavy (non-hydrogen) atoms. The molecule has 0 spiro atoms. The number of ether oxygens (including phenoxy) is 2. The van der Waals surface area contributed by atoms with Gasteiger partial charge in [-0.1, -0.05) is 88.4 Å². The number of aliphatic hydroxyl groups is 1. The van der Waals surface area contributed by atoms with E-state index in [-0.39, 0.29) is 65.5 Å². The summed E-state index contributed by atoms with van der Waals surface area (Å²) in [5.41, 5.74) is -0.655. The molecule has 0 aliphatic carbocycles. The van der Waals surface area contributed by atoms with Gasteiger partial charge in [-0.2, -0.15) is 8.61 Å². The first kappa shape index (κ1) is 64.4. The minimum atomic E-state index is -5.19. The highest BCUT2D eigenvalue weighted by atomic mass is 32.2. The zero-order valence-corrected chi connectivity index (χ0v) is 46.7. The lowest BCUT2D eigenvalue weighted by Crippen LogP contribution is -2.52. The number of nitrogens with zero attached hydrogens (tertiary/aromatic N) is 4. The summed E-state index contributed by atoms with van der Waals surface area (Å²) in [6.45, 7) is 16.4. The molecule has 0 aliphatic rings. The van der Waals surface area contributed by atoms with Gasteiger partial charge in [0.15, 0.2) is 0 Å². The number of non-ortho nitro benzene ring substituents is 2. The number of benzene rings is 4. The number of rotatable bonds is 24. The summed E-state index contributed by atoms with van der Waals surface area (Å²) in [6, 6.07) is 24.8. The highest BCUT2D eigenvalue weighted by Crippen LogP contribution is 2.39. The SMILES string of the molecule is CC(C)CN(C[C@@H](O)[C@H](Cc1ccccc1)NC(=O)OC(C)(C)C)S(=O)(=O)c1ccc([N+](=O)[O-])cc1.CC(C)CN(C[C@@H](OP(=O)(O)O)[C@H](Cc1ccccc1)NC(=O)OC(C)(C)C)S(=O)(=O)c1ccc([N+](=O)[O-])cc1. The van der Waals surface area contributed by atoms with Crippen LogP contribution in [-0.4, -0.2) is 124 Å². The molecular formula is C50H71N6O17PS2. The zero-order valence-electron chi connectivity index (χ0n) is 44.2. The summed E-state index contributed by atoms with van der Waals surface area (Å²) < 4.78 is 84.0. The molecular weight excluding hydrogens is 1050 g/mol. The van der Waals surface area contributed by atoms with E-state index >= 15 is 0 Å². The second kappa shape index (κ2) is 27.9. The van der Waals surface area contributed by atoms with Gasteiger partial charge in [0.25, 0.3) is 11.4 Å². The van der Waals surface area contributed by atoms with Crippen LogP contribution >= 0.6 is 7.82 Å². The number of sulfonamides is 2. The Kier molecular flexibility index (Phi) is 23.7. The van der Waals surface area contributed by atoms with Gasteiger partial charge in [-0.05, 0) is 102 Å². The lowest BCUT2D eigenvalue weighted by molar-refractivity contribution is -0.385. The predicted molar refractivity (Wildman–Crippen MR) is 283 cm³/mol. The Bertz CT molecular complexity index is 2790. The van der Waals surface area contributed by atoms with Gasteiger partial charge in [-0.25, -0.2) is 31.0 Å². The molecule has 0 aromatic heterocycles. The summed E-state index contributed by atoms with van der Waals surface area (Å²) in [7, 11) is -13.6. The molecule has 0 aliphatic heterocycles. The first-order valence-electron chi connectivity index (χ1n) is 24.0. The summed E-state index contributed by atoms with van der Waals surface area (Å²) in [4.78, 5) is 65.0. The van der Waals surface area contributed by atoms with Gasteiger partial charge in [0.05, 0.1) is 37.8 Å². The molecule has 26 heteroatoms. The molecule has 420 valence electrons. The van der Waals surface area contributed by atoms with E-state index in [1.54, 1.807) is 85.7 Å². The Balaban J connectivity index is 0.000000402. The van der Waals surface area contributed by atoms with Crippen LogP contribution in [0.1, 0.15) is 80.4 Å². The number of phosphoric ester groups is 1. The fourth-order valence-electron chi connectivity index (χ4n) is 7.29. The van der Waals surface area contributed by atoms with Crippen LogP contribution in [-0.2, 0) is 51.5 Å². The van der Waals surface area contributed by atoms with E-state index in [1.807, 2.05) is 44.2 Å². The normalized spacial score (nSPS) is 14.0. The molecule has 0 fully saturated rings. The molecule has 4 aromatic rings. The number of nitro groups is 2. The number of amides is 2. The highest BCUT2D eigenvalue weighted by Gasteiger charge is 2.38. The number of alkyl carbamates (subject to hydrolysis) is 2. The first-order chi connectivity index (χ1) is 35.1. The molecule has 2 amide bonds. The van der Waals surface area contributed by atoms with Gasteiger partial charge in [-0.3, -0.25) is 24.8 Å². The zero-order chi connectivity index (χ0) is 57.4. The Hall–Kier alpha value is -5.89. The number of hydrogen-bond donors (Lipinski definition) is 5. The van der Waals surface area contributed by atoms with Gasteiger partial charge >= 0.3 is 20.0 Å². The standard InChI is InChI=1S/C25H36N3O10PS.C25H35N3O7S/c1-18(2)16-27(40(35,36)21-13-11-20(12-14-21)28(30)31)17-23(38-39(32,33)34)22(15-19-9-7-6-8-10-19)26-24(29)37-25(3,4)5;1-18(2)16-27(36(33,34)21-13-11-20(12-14-21)28(31)32)17-23(29)22(15-19-9-7-6-8-10-19)26-24(30)35-25(3,4)5/h6-14,18,22-23H,15-17H2,1-5H3,(H,26,29)(H2,32,33,34);6-14,18,22-23,29H,15-17H2,1-5H3,(H,26,30)/t2*22-,23+/m00/s1. The lowest BCUT2D eigenvalue weighted by atomic mass is 10.0. The van der Waals surface area contributed by atoms with Crippen LogP contribution in [0.4, 0.5) is 21.0 Å². The molecule has 5 N–H and O–H groups in total. The smallest absolute Gasteiger partial charge is 0.444 e. The van der Waals surface area contributed by atoms with Crippen molar-refractivity contribution in [1.82, 2.24) is 19.2 Å². The van der Waals surface area contributed by atoms with E-state index < -0.39 is 91.9 Å². The summed E-state index contributed by atoms with van der Waals surface area (Å²) in [6.07, 6.45) is -4.14. The average molecular weight is 1120 g/mol. The molecule has 0 saturated heterocycles. The van der Waals surface area contributed by atoms with Gasteiger partial charge < -0.3 is 35.0 Å². The predicted octanol–water partition coefficient (Wildman–Crippen LogP) is 7.59. The fraction of sp³-hybridized carbons (Fsp3) is 0.480. The maximum Gasteiger partial charge on any atom is 0.469 e. The third-order valence-corrected chi connectivity index (χ3v) is 14.7. The number of carbonyl (C=O) groups excluding carboxylic acids is 2. The van der Waals surface area contributed by atoms with Crippen molar-refractivity contribution in [3.63, 3.8) is 0 Å². The Labute approximate surface area is 444 Å². The molecule has 4 rings (SSSR count). The topological polar surface area (TPSA) is 325 Å². The molecule has 0 heterocycles. The molecule has 0 saturated carbocycles. The number of carbonyl (C=O) groups is 2. The maximum atomic E-state index is 13.6. The van der Waals surface area contributed by atoms with Crippen LogP contribution in [0.5, 0.6) is 0 Å². The number of nitro benzene ring substituents is 2.